The van der Waals surface area contributed by atoms with Gasteiger partial charge in [-0.05, 0) is 26.2 Å². The van der Waals surface area contributed by atoms with E-state index < -0.39 is 0 Å². The lowest BCUT2D eigenvalue weighted by Crippen LogP contribution is -1.96. The molecule has 0 aliphatic heterocycles. The highest BCUT2D eigenvalue weighted by Crippen LogP contribution is 2.24. The molecule has 15 heavy (non-hydrogen) atoms. The monoisotopic (exact) mass is 210 g/mol. The molecular formula is C12H22N2O. The Labute approximate surface area is 92.1 Å². The number of nitrogens with zero attached hydrogens (tertiary/aromatic N) is 2. The Morgan fingerprint density at radius 3 is 2.40 bits per heavy atom. The first-order valence-corrected chi connectivity index (χ1v) is 6.02. The van der Waals surface area contributed by atoms with Crippen molar-refractivity contribution in [3.05, 3.63) is 11.3 Å². The van der Waals surface area contributed by atoms with Crippen LogP contribution < -0.4 is 0 Å². The first kappa shape index (κ1) is 12.1. The van der Waals surface area contributed by atoms with Gasteiger partial charge in [-0.3, -0.25) is 0 Å². The van der Waals surface area contributed by atoms with Crippen molar-refractivity contribution < 1.29 is 5.11 Å². The molecular weight excluding hydrogens is 188 g/mol. The van der Waals surface area contributed by atoms with Crippen LogP contribution in [0.2, 0.25) is 0 Å². The lowest BCUT2D eigenvalue weighted by atomic mass is 10.1. The van der Waals surface area contributed by atoms with Crippen molar-refractivity contribution in [2.45, 2.75) is 59.4 Å². The predicted molar refractivity (Wildman–Crippen MR) is 62.2 cm³/mol. The molecule has 3 nitrogen and oxygen atoms in total. The van der Waals surface area contributed by atoms with Crippen LogP contribution in [0.3, 0.4) is 0 Å². The summed E-state index contributed by atoms with van der Waals surface area (Å²) in [5.41, 5.74) is 2.16. The third kappa shape index (κ3) is 2.74. The lowest BCUT2D eigenvalue weighted by molar-refractivity contribution is 0.399. The van der Waals surface area contributed by atoms with Crippen molar-refractivity contribution in [2.24, 2.45) is 0 Å². The Morgan fingerprint density at radius 2 is 1.87 bits per heavy atom. The van der Waals surface area contributed by atoms with Crippen molar-refractivity contribution in [2.75, 3.05) is 0 Å². The zero-order valence-corrected chi connectivity index (χ0v) is 10.1. The van der Waals surface area contributed by atoms with Gasteiger partial charge in [0.2, 0.25) is 5.88 Å². The minimum absolute atomic E-state index is 0.384. The van der Waals surface area contributed by atoms with Crippen LogP contribution in [-0.4, -0.2) is 14.9 Å². The first-order chi connectivity index (χ1) is 7.24. The van der Waals surface area contributed by atoms with Crippen molar-refractivity contribution in [1.82, 2.24) is 9.78 Å². The summed E-state index contributed by atoms with van der Waals surface area (Å²) in [4.78, 5) is 0. The number of hydrogen-bond donors (Lipinski definition) is 1. The smallest absolute Gasteiger partial charge is 0.212 e. The van der Waals surface area contributed by atoms with Gasteiger partial charge in [-0.25, -0.2) is 4.68 Å². The summed E-state index contributed by atoms with van der Waals surface area (Å²) in [7, 11) is 0. The van der Waals surface area contributed by atoms with E-state index in [4.69, 9.17) is 0 Å². The Morgan fingerprint density at radius 1 is 1.13 bits per heavy atom. The average Bonchev–Trinajstić information content (AvgIpc) is 2.53. The molecule has 0 aliphatic carbocycles. The molecule has 1 heterocycles. The highest BCUT2D eigenvalue weighted by atomic mass is 16.3. The van der Waals surface area contributed by atoms with E-state index in [1.165, 1.54) is 0 Å². The average molecular weight is 210 g/mol. The topological polar surface area (TPSA) is 38.0 Å². The van der Waals surface area contributed by atoms with Crippen molar-refractivity contribution in [1.29, 1.82) is 0 Å². The van der Waals surface area contributed by atoms with Gasteiger partial charge in [-0.15, -0.1) is 0 Å². The van der Waals surface area contributed by atoms with Crippen LogP contribution in [-0.2, 0) is 19.4 Å². The van der Waals surface area contributed by atoms with E-state index in [2.05, 4.69) is 18.9 Å². The second-order valence-electron chi connectivity index (χ2n) is 3.92. The number of unbranched alkanes of at least 4 members (excludes halogenated alkanes) is 1. The molecule has 1 aromatic heterocycles. The van der Waals surface area contributed by atoms with E-state index in [0.29, 0.717) is 5.88 Å². The van der Waals surface area contributed by atoms with Gasteiger partial charge in [0.15, 0.2) is 0 Å². The summed E-state index contributed by atoms with van der Waals surface area (Å²) in [5.74, 6) is 0.384. The molecule has 0 unspecified atom stereocenters. The molecule has 0 saturated carbocycles. The largest absolute Gasteiger partial charge is 0.493 e. The summed E-state index contributed by atoms with van der Waals surface area (Å²) in [5, 5.41) is 14.4. The molecule has 0 aromatic carbocycles. The summed E-state index contributed by atoms with van der Waals surface area (Å²) in [6, 6.07) is 0. The van der Waals surface area contributed by atoms with Crippen molar-refractivity contribution in [3.8, 4) is 5.88 Å². The Balaban J connectivity index is 2.91. The summed E-state index contributed by atoms with van der Waals surface area (Å²) >= 11 is 0. The second kappa shape index (κ2) is 5.79. The van der Waals surface area contributed by atoms with E-state index in [-0.39, 0.29) is 0 Å². The van der Waals surface area contributed by atoms with Gasteiger partial charge >= 0.3 is 0 Å². The van der Waals surface area contributed by atoms with Gasteiger partial charge in [0.1, 0.15) is 0 Å². The molecule has 1 aromatic rings. The molecule has 0 spiro atoms. The zero-order valence-electron chi connectivity index (χ0n) is 10.1. The lowest BCUT2D eigenvalue weighted by Gasteiger charge is -2.00. The van der Waals surface area contributed by atoms with Gasteiger partial charge in [-0.2, -0.15) is 5.10 Å². The summed E-state index contributed by atoms with van der Waals surface area (Å²) in [6.45, 7) is 7.06. The fourth-order valence-corrected chi connectivity index (χ4v) is 1.81. The van der Waals surface area contributed by atoms with Crippen LogP contribution in [0.15, 0.2) is 0 Å². The number of hydrogen-bond acceptors (Lipinski definition) is 2. The third-order valence-corrected chi connectivity index (χ3v) is 2.67. The fourth-order valence-electron chi connectivity index (χ4n) is 1.81. The highest BCUT2D eigenvalue weighted by Gasteiger charge is 2.14. The minimum Gasteiger partial charge on any atom is -0.493 e. The highest BCUT2D eigenvalue weighted by molar-refractivity contribution is 5.31. The molecule has 1 N–H and O–H groups in total. The molecule has 3 heteroatoms. The SMILES string of the molecule is CCCCc1c(CCC)nn(CC)c1O. The molecule has 0 atom stereocenters. The van der Waals surface area contributed by atoms with E-state index in [1.807, 2.05) is 6.92 Å². The molecule has 0 aliphatic rings. The second-order valence-corrected chi connectivity index (χ2v) is 3.92. The Bertz CT molecular complexity index is 305. The quantitative estimate of drug-likeness (QED) is 0.784. The van der Waals surface area contributed by atoms with Gasteiger partial charge in [0.05, 0.1) is 5.69 Å². The van der Waals surface area contributed by atoms with Crippen LogP contribution >= 0.6 is 0 Å². The van der Waals surface area contributed by atoms with Gasteiger partial charge in [-0.1, -0.05) is 26.7 Å². The molecule has 1 rings (SSSR count). The summed E-state index contributed by atoms with van der Waals surface area (Å²) in [6.07, 6.45) is 5.29. The molecule has 0 amide bonds. The number of rotatable bonds is 6. The van der Waals surface area contributed by atoms with Crippen LogP contribution in [0.25, 0.3) is 0 Å². The molecule has 86 valence electrons. The van der Waals surface area contributed by atoms with E-state index in [9.17, 15) is 5.11 Å². The van der Waals surface area contributed by atoms with Gasteiger partial charge in [0.25, 0.3) is 0 Å². The van der Waals surface area contributed by atoms with Crippen LogP contribution in [0.1, 0.15) is 51.3 Å². The van der Waals surface area contributed by atoms with Crippen LogP contribution in [0.5, 0.6) is 5.88 Å². The normalized spacial score (nSPS) is 10.9. The predicted octanol–water partition coefficient (Wildman–Crippen LogP) is 2.90. The van der Waals surface area contributed by atoms with Crippen LogP contribution in [0, 0.1) is 0 Å². The maximum absolute atomic E-state index is 9.96. The Hall–Kier alpha value is -0.990. The molecule has 0 radical (unpaired) electrons. The number of aromatic nitrogens is 2. The van der Waals surface area contributed by atoms with Gasteiger partial charge < -0.3 is 5.11 Å². The number of aromatic hydroxyl groups is 1. The van der Waals surface area contributed by atoms with E-state index >= 15 is 0 Å². The minimum atomic E-state index is 0.384. The maximum Gasteiger partial charge on any atom is 0.212 e. The van der Waals surface area contributed by atoms with Gasteiger partial charge in [0, 0.05) is 12.1 Å². The van der Waals surface area contributed by atoms with Crippen molar-refractivity contribution >= 4 is 0 Å². The standard InChI is InChI=1S/C12H22N2O/c1-4-7-9-10-11(8-5-2)13-14(6-3)12(10)15/h15H,4-9H2,1-3H3. The fraction of sp³-hybridized carbons (Fsp3) is 0.750. The molecule has 0 bridgehead atoms. The Kier molecular flexibility index (Phi) is 4.66. The molecule has 0 saturated heterocycles. The van der Waals surface area contributed by atoms with Crippen LogP contribution in [0.4, 0.5) is 0 Å². The third-order valence-electron chi connectivity index (χ3n) is 2.67. The van der Waals surface area contributed by atoms with E-state index in [0.717, 1.165) is 49.9 Å². The molecule has 0 fully saturated rings. The number of aryl methyl sites for hydroxylation is 2. The first-order valence-electron chi connectivity index (χ1n) is 6.02. The zero-order chi connectivity index (χ0) is 11.3. The van der Waals surface area contributed by atoms with E-state index in [1.54, 1.807) is 4.68 Å². The summed E-state index contributed by atoms with van der Waals surface area (Å²) < 4.78 is 1.70. The van der Waals surface area contributed by atoms with Crippen molar-refractivity contribution in [3.63, 3.8) is 0 Å². The maximum atomic E-state index is 9.96.